The summed E-state index contributed by atoms with van der Waals surface area (Å²) in [6, 6.07) is 0. The maximum atomic E-state index is 8.88. The summed E-state index contributed by atoms with van der Waals surface area (Å²) in [5.74, 6) is 0. The summed E-state index contributed by atoms with van der Waals surface area (Å²) in [4.78, 5) is 21.6. The van der Waals surface area contributed by atoms with Crippen molar-refractivity contribution in [1.29, 1.82) is 0 Å². The molecule has 0 bridgehead atoms. The van der Waals surface area contributed by atoms with Crippen molar-refractivity contribution in [3.63, 3.8) is 0 Å². The first-order valence-electron chi connectivity index (χ1n) is 3.81. The fourth-order valence-electron chi connectivity index (χ4n) is 0.539. The number of rotatable bonds is 4. The molecule has 7 heteroatoms. The zero-order chi connectivity index (χ0) is 10.0. The molecule has 0 saturated heterocycles. The Labute approximate surface area is 123 Å². The van der Waals surface area contributed by atoms with Gasteiger partial charge >= 0.3 is 7.82 Å². The third-order valence-corrected chi connectivity index (χ3v) is 1.01. The molecule has 0 heterocycles. The molecular weight excluding hydrogens is 222 g/mol. The van der Waals surface area contributed by atoms with Gasteiger partial charge in [0.15, 0.2) is 0 Å². The number of aliphatic hydroxyl groups excluding tert-OH is 1. The van der Waals surface area contributed by atoms with Crippen LogP contribution in [0.25, 0.3) is 0 Å². The summed E-state index contributed by atoms with van der Waals surface area (Å²) < 4.78 is 8.88. The summed E-state index contributed by atoms with van der Waals surface area (Å²) in [6.07, 6.45) is 4.68. The van der Waals surface area contributed by atoms with E-state index in [0.717, 1.165) is 6.42 Å². The van der Waals surface area contributed by atoms with Gasteiger partial charge in [0, 0.05) is 59.4 Å². The van der Waals surface area contributed by atoms with Crippen LogP contribution in [0.1, 0.15) is 34.0 Å². The fraction of sp³-hybridized carbons (Fsp3) is 1.00. The molecule has 0 aliphatic carbocycles. The Hall–Kier alpha value is 1.71. The second kappa shape index (κ2) is 13.7. The molecule has 0 fully saturated rings. The SMILES string of the molecule is CCCCCCO.O=P(O)(O)O.[HH].[K]. The van der Waals surface area contributed by atoms with Crippen molar-refractivity contribution in [3.8, 4) is 0 Å². The van der Waals surface area contributed by atoms with Crippen LogP contribution < -0.4 is 0 Å². The van der Waals surface area contributed by atoms with Crippen molar-refractivity contribution in [2.45, 2.75) is 32.6 Å². The summed E-state index contributed by atoms with van der Waals surface area (Å²) in [5.41, 5.74) is 0. The van der Waals surface area contributed by atoms with Gasteiger partial charge in [-0.05, 0) is 6.42 Å². The van der Waals surface area contributed by atoms with E-state index in [9.17, 15) is 0 Å². The first kappa shape index (κ1) is 20.2. The van der Waals surface area contributed by atoms with E-state index in [1.807, 2.05) is 0 Å². The standard InChI is InChI=1S/C6H14O.K.H3O4P.H2/c1-2-3-4-5-6-7;;1-5(2,3)4;/h7H,2-6H2,1H3;;(H3,1,2,3,4);1H. The molecule has 0 aromatic heterocycles. The van der Waals surface area contributed by atoms with Gasteiger partial charge in [-0.1, -0.05) is 26.2 Å². The summed E-state index contributed by atoms with van der Waals surface area (Å²) in [6.45, 7) is 2.53. The van der Waals surface area contributed by atoms with E-state index in [4.69, 9.17) is 24.4 Å². The first-order valence-corrected chi connectivity index (χ1v) is 5.37. The van der Waals surface area contributed by atoms with Gasteiger partial charge in [-0.25, -0.2) is 4.57 Å². The average molecular weight is 241 g/mol. The van der Waals surface area contributed by atoms with E-state index in [2.05, 4.69) is 6.92 Å². The minimum absolute atomic E-state index is 0. The first-order chi connectivity index (χ1) is 5.41. The molecule has 0 aliphatic heterocycles. The van der Waals surface area contributed by atoms with Gasteiger partial charge in [-0.2, -0.15) is 0 Å². The monoisotopic (exact) mass is 241 g/mol. The van der Waals surface area contributed by atoms with Crippen LogP contribution in [0, 0.1) is 0 Å². The predicted molar refractivity (Wildman–Crippen MR) is 53.4 cm³/mol. The molecule has 0 rings (SSSR count). The van der Waals surface area contributed by atoms with Gasteiger partial charge in [0.1, 0.15) is 0 Å². The Morgan fingerprint density at radius 1 is 1.15 bits per heavy atom. The third-order valence-electron chi connectivity index (χ3n) is 1.01. The molecular formula is C6H19KO5P. The van der Waals surface area contributed by atoms with Crippen molar-refractivity contribution >= 4 is 59.2 Å². The maximum absolute atomic E-state index is 8.88. The molecule has 0 saturated carbocycles. The Morgan fingerprint density at radius 2 is 1.54 bits per heavy atom. The van der Waals surface area contributed by atoms with Gasteiger partial charge in [0.05, 0.1) is 0 Å². The Kier molecular flexibility index (Phi) is 21.3. The molecule has 13 heavy (non-hydrogen) atoms. The van der Waals surface area contributed by atoms with Crippen LogP contribution in [0.5, 0.6) is 0 Å². The van der Waals surface area contributed by atoms with Crippen LogP contribution in [0.4, 0.5) is 0 Å². The molecule has 5 nitrogen and oxygen atoms in total. The van der Waals surface area contributed by atoms with E-state index >= 15 is 0 Å². The Morgan fingerprint density at radius 3 is 1.77 bits per heavy atom. The summed E-state index contributed by atoms with van der Waals surface area (Å²) in [5, 5.41) is 8.29. The van der Waals surface area contributed by atoms with Crippen LogP contribution in [-0.2, 0) is 4.57 Å². The van der Waals surface area contributed by atoms with Crippen molar-refractivity contribution in [1.82, 2.24) is 0 Å². The van der Waals surface area contributed by atoms with Crippen molar-refractivity contribution in [2.75, 3.05) is 6.61 Å². The Bertz CT molecular complexity index is 119. The molecule has 0 aliphatic rings. The van der Waals surface area contributed by atoms with E-state index in [1.165, 1.54) is 19.3 Å². The van der Waals surface area contributed by atoms with E-state index < -0.39 is 7.82 Å². The van der Waals surface area contributed by atoms with E-state index in [1.54, 1.807) is 0 Å². The molecule has 0 aromatic rings. The zero-order valence-electron chi connectivity index (χ0n) is 8.18. The molecule has 0 atom stereocenters. The van der Waals surface area contributed by atoms with Crippen LogP contribution in [-0.4, -0.2) is 77.8 Å². The van der Waals surface area contributed by atoms with Crippen molar-refractivity contribution < 1.29 is 25.8 Å². The zero-order valence-corrected chi connectivity index (χ0v) is 12.2. The molecule has 4 N–H and O–H groups in total. The molecule has 0 aromatic carbocycles. The molecule has 0 spiro atoms. The van der Waals surface area contributed by atoms with Crippen molar-refractivity contribution in [3.05, 3.63) is 0 Å². The smallest absolute Gasteiger partial charge is 0.396 e. The fourth-order valence-corrected chi connectivity index (χ4v) is 0.539. The number of unbranched alkanes of at least 4 members (excludes halogenated alkanes) is 3. The van der Waals surface area contributed by atoms with Crippen LogP contribution >= 0.6 is 7.82 Å². The quantitative estimate of drug-likeness (QED) is 0.326. The van der Waals surface area contributed by atoms with Crippen LogP contribution in [0.2, 0.25) is 0 Å². The normalized spacial score (nSPS) is 9.62. The van der Waals surface area contributed by atoms with E-state index in [-0.39, 0.29) is 52.8 Å². The van der Waals surface area contributed by atoms with Gasteiger partial charge in [0.25, 0.3) is 0 Å². The third kappa shape index (κ3) is 57.7. The summed E-state index contributed by atoms with van der Waals surface area (Å²) in [7, 11) is -4.64. The maximum Gasteiger partial charge on any atom is 0.466 e. The largest absolute Gasteiger partial charge is 0.466 e. The Balaban J connectivity index is -0.0000000651. The molecule has 79 valence electrons. The predicted octanol–water partition coefficient (Wildman–Crippen LogP) is 0.496. The average Bonchev–Trinajstić information content (AvgIpc) is 1.85. The number of phosphoric acid groups is 1. The second-order valence-electron chi connectivity index (χ2n) is 2.30. The topological polar surface area (TPSA) is 98.0 Å². The van der Waals surface area contributed by atoms with Gasteiger partial charge in [-0.3, -0.25) is 0 Å². The number of hydrogen-bond acceptors (Lipinski definition) is 2. The second-order valence-corrected chi connectivity index (χ2v) is 3.32. The van der Waals surface area contributed by atoms with Gasteiger partial charge < -0.3 is 19.8 Å². The molecule has 0 amide bonds. The minimum atomic E-state index is -4.64. The van der Waals surface area contributed by atoms with Crippen LogP contribution in [0.15, 0.2) is 0 Å². The van der Waals surface area contributed by atoms with Crippen LogP contribution in [0.3, 0.4) is 0 Å². The van der Waals surface area contributed by atoms with Gasteiger partial charge in [0.2, 0.25) is 0 Å². The van der Waals surface area contributed by atoms with Gasteiger partial charge in [-0.15, -0.1) is 0 Å². The minimum Gasteiger partial charge on any atom is -0.396 e. The molecule has 1 radical (unpaired) electrons. The van der Waals surface area contributed by atoms with Crippen molar-refractivity contribution in [2.24, 2.45) is 0 Å². The number of aliphatic hydroxyl groups is 1. The summed E-state index contributed by atoms with van der Waals surface area (Å²) >= 11 is 0. The molecule has 0 unspecified atom stereocenters. The number of hydrogen-bond donors (Lipinski definition) is 4. The van der Waals surface area contributed by atoms with E-state index in [0.29, 0.717) is 6.61 Å².